The zero-order chi connectivity index (χ0) is 13.7. The van der Waals surface area contributed by atoms with Crippen molar-refractivity contribution in [2.45, 2.75) is 12.5 Å². The molecule has 2 rings (SSSR count). The molecule has 1 aromatic heterocycles. The van der Waals surface area contributed by atoms with Crippen molar-refractivity contribution in [1.29, 1.82) is 0 Å². The molecule has 0 saturated carbocycles. The highest BCUT2D eigenvalue weighted by atomic mass is 35.5. The van der Waals surface area contributed by atoms with Crippen molar-refractivity contribution in [3.8, 4) is 5.75 Å². The van der Waals surface area contributed by atoms with Gasteiger partial charge in [0.1, 0.15) is 5.75 Å². The molecule has 1 heterocycles. The maximum atomic E-state index is 5.90. The number of halogens is 1. The van der Waals surface area contributed by atoms with Crippen molar-refractivity contribution in [3.63, 3.8) is 0 Å². The van der Waals surface area contributed by atoms with E-state index in [2.05, 4.69) is 10.3 Å². The monoisotopic (exact) mass is 276 g/mol. The smallest absolute Gasteiger partial charge is 0.141 e. The molecular weight excluding hydrogens is 260 g/mol. The first-order valence-corrected chi connectivity index (χ1v) is 6.52. The minimum atomic E-state index is 0.180. The number of ether oxygens (including phenoxy) is 1. The van der Waals surface area contributed by atoms with Gasteiger partial charge in [0.2, 0.25) is 0 Å². The first-order chi connectivity index (χ1) is 9.24. The number of benzene rings is 1. The summed E-state index contributed by atoms with van der Waals surface area (Å²) in [6.45, 7) is 0. The number of aromatic nitrogens is 1. The van der Waals surface area contributed by atoms with Crippen molar-refractivity contribution >= 4 is 11.6 Å². The van der Waals surface area contributed by atoms with Crippen LogP contribution in [-0.2, 0) is 6.42 Å². The van der Waals surface area contributed by atoms with E-state index in [1.165, 1.54) is 5.56 Å². The summed E-state index contributed by atoms with van der Waals surface area (Å²) in [6, 6.07) is 10.1. The molecule has 0 saturated heterocycles. The van der Waals surface area contributed by atoms with E-state index in [1.807, 2.05) is 37.4 Å². The summed E-state index contributed by atoms with van der Waals surface area (Å²) >= 11 is 5.90. The predicted molar refractivity (Wildman–Crippen MR) is 77.7 cm³/mol. The van der Waals surface area contributed by atoms with Crippen LogP contribution in [0.25, 0.3) is 0 Å². The lowest BCUT2D eigenvalue weighted by Crippen LogP contribution is -2.19. The first-order valence-electron chi connectivity index (χ1n) is 6.14. The fourth-order valence-corrected chi connectivity index (χ4v) is 2.20. The number of pyridine rings is 1. The van der Waals surface area contributed by atoms with Crippen molar-refractivity contribution in [3.05, 3.63) is 58.9 Å². The van der Waals surface area contributed by atoms with Crippen LogP contribution in [0.4, 0.5) is 0 Å². The van der Waals surface area contributed by atoms with E-state index in [0.29, 0.717) is 0 Å². The molecule has 0 spiro atoms. The van der Waals surface area contributed by atoms with E-state index in [4.69, 9.17) is 16.3 Å². The average molecular weight is 277 g/mol. The molecule has 1 N–H and O–H groups in total. The summed E-state index contributed by atoms with van der Waals surface area (Å²) < 4.78 is 5.36. The number of methoxy groups -OCH3 is 1. The normalized spacial score (nSPS) is 12.2. The standard InChI is InChI=1S/C15H17ClN2O/c1-17-14(9-11-3-5-12(16)6-4-11)13-7-8-18-10-15(13)19-2/h3-8,10,14,17H,9H2,1-2H3. The lowest BCUT2D eigenvalue weighted by Gasteiger charge is -2.19. The number of hydrogen-bond donors (Lipinski definition) is 1. The molecule has 4 heteroatoms. The molecule has 19 heavy (non-hydrogen) atoms. The number of likely N-dealkylation sites (N-methyl/N-ethyl adjacent to an activating group) is 1. The van der Waals surface area contributed by atoms with Crippen LogP contribution in [0.2, 0.25) is 5.02 Å². The molecule has 100 valence electrons. The number of hydrogen-bond acceptors (Lipinski definition) is 3. The molecule has 1 unspecified atom stereocenters. The van der Waals surface area contributed by atoms with Gasteiger partial charge in [-0.15, -0.1) is 0 Å². The second-order valence-electron chi connectivity index (χ2n) is 4.29. The van der Waals surface area contributed by atoms with Gasteiger partial charge in [-0.3, -0.25) is 4.98 Å². The van der Waals surface area contributed by atoms with E-state index in [-0.39, 0.29) is 6.04 Å². The number of rotatable bonds is 5. The largest absolute Gasteiger partial charge is 0.495 e. The maximum absolute atomic E-state index is 5.90. The predicted octanol–water partition coefficient (Wildman–Crippen LogP) is 3.25. The molecule has 0 aliphatic heterocycles. The fourth-order valence-electron chi connectivity index (χ4n) is 2.07. The van der Waals surface area contributed by atoms with Crippen molar-refractivity contribution in [2.24, 2.45) is 0 Å². The average Bonchev–Trinajstić information content (AvgIpc) is 2.46. The summed E-state index contributed by atoms with van der Waals surface area (Å²) in [7, 11) is 3.61. The molecule has 0 radical (unpaired) electrons. The minimum Gasteiger partial charge on any atom is -0.495 e. The van der Waals surface area contributed by atoms with Gasteiger partial charge in [0.15, 0.2) is 0 Å². The summed E-state index contributed by atoms with van der Waals surface area (Å²) in [4.78, 5) is 4.08. The lowest BCUT2D eigenvalue weighted by molar-refractivity contribution is 0.399. The van der Waals surface area contributed by atoms with E-state index in [0.717, 1.165) is 22.8 Å². The topological polar surface area (TPSA) is 34.2 Å². The van der Waals surface area contributed by atoms with Crippen LogP contribution >= 0.6 is 11.6 Å². The Labute approximate surface area is 118 Å². The number of nitrogens with zero attached hydrogens (tertiary/aromatic N) is 1. The van der Waals surface area contributed by atoms with Crippen LogP contribution in [-0.4, -0.2) is 19.1 Å². The summed E-state index contributed by atoms with van der Waals surface area (Å²) in [5, 5.41) is 4.07. The van der Waals surface area contributed by atoms with Gasteiger partial charge >= 0.3 is 0 Å². The van der Waals surface area contributed by atoms with Crippen LogP contribution in [0.3, 0.4) is 0 Å². The van der Waals surface area contributed by atoms with Crippen molar-refractivity contribution in [1.82, 2.24) is 10.3 Å². The molecule has 0 amide bonds. The Kier molecular flexibility index (Phi) is 4.77. The van der Waals surface area contributed by atoms with E-state index < -0.39 is 0 Å². The second kappa shape index (κ2) is 6.55. The van der Waals surface area contributed by atoms with Gasteiger partial charge in [-0.25, -0.2) is 0 Å². The van der Waals surface area contributed by atoms with E-state index in [1.54, 1.807) is 19.5 Å². The highest BCUT2D eigenvalue weighted by Crippen LogP contribution is 2.26. The Morgan fingerprint density at radius 1 is 1.26 bits per heavy atom. The fraction of sp³-hybridized carbons (Fsp3) is 0.267. The van der Waals surface area contributed by atoms with Gasteiger partial charge in [0, 0.05) is 22.8 Å². The van der Waals surface area contributed by atoms with Crippen molar-refractivity contribution < 1.29 is 4.74 Å². The van der Waals surface area contributed by atoms with E-state index >= 15 is 0 Å². The van der Waals surface area contributed by atoms with Crippen LogP contribution in [0.5, 0.6) is 5.75 Å². The van der Waals surface area contributed by atoms with Crippen LogP contribution in [0.1, 0.15) is 17.2 Å². The van der Waals surface area contributed by atoms with Gasteiger partial charge in [-0.1, -0.05) is 23.7 Å². The molecule has 1 aromatic carbocycles. The van der Waals surface area contributed by atoms with E-state index in [9.17, 15) is 0 Å². The van der Waals surface area contributed by atoms with Gasteiger partial charge in [-0.2, -0.15) is 0 Å². The number of nitrogens with one attached hydrogen (secondary N) is 1. The Hall–Kier alpha value is -1.58. The molecule has 3 nitrogen and oxygen atoms in total. The summed E-state index contributed by atoms with van der Waals surface area (Å²) in [5.41, 5.74) is 2.33. The van der Waals surface area contributed by atoms with Gasteiger partial charge in [0.25, 0.3) is 0 Å². The third-order valence-corrected chi connectivity index (χ3v) is 3.37. The molecule has 0 aliphatic carbocycles. The van der Waals surface area contributed by atoms with Crippen molar-refractivity contribution in [2.75, 3.05) is 14.2 Å². The zero-order valence-corrected chi connectivity index (χ0v) is 11.8. The van der Waals surface area contributed by atoms with Crippen LogP contribution in [0, 0.1) is 0 Å². The van der Waals surface area contributed by atoms with Gasteiger partial charge in [-0.05, 0) is 37.2 Å². The Morgan fingerprint density at radius 2 is 2.00 bits per heavy atom. The third-order valence-electron chi connectivity index (χ3n) is 3.11. The molecule has 0 bridgehead atoms. The van der Waals surface area contributed by atoms with Crippen LogP contribution in [0.15, 0.2) is 42.7 Å². The quantitative estimate of drug-likeness (QED) is 0.910. The highest BCUT2D eigenvalue weighted by molar-refractivity contribution is 6.30. The zero-order valence-electron chi connectivity index (χ0n) is 11.1. The minimum absolute atomic E-state index is 0.180. The van der Waals surface area contributed by atoms with Gasteiger partial charge < -0.3 is 10.1 Å². The summed E-state index contributed by atoms with van der Waals surface area (Å²) in [5.74, 6) is 0.802. The summed E-state index contributed by atoms with van der Waals surface area (Å²) in [6.07, 6.45) is 4.39. The highest BCUT2D eigenvalue weighted by Gasteiger charge is 2.14. The molecular formula is C15H17ClN2O. The molecule has 0 aliphatic rings. The Bertz CT molecular complexity index is 528. The first kappa shape index (κ1) is 13.8. The molecule has 0 fully saturated rings. The Morgan fingerprint density at radius 3 is 2.63 bits per heavy atom. The van der Waals surface area contributed by atoms with Crippen LogP contribution < -0.4 is 10.1 Å². The molecule has 2 aromatic rings. The SMILES string of the molecule is CNC(Cc1ccc(Cl)cc1)c1ccncc1OC. The third kappa shape index (κ3) is 3.46. The maximum Gasteiger partial charge on any atom is 0.141 e. The second-order valence-corrected chi connectivity index (χ2v) is 4.73. The van der Waals surface area contributed by atoms with Gasteiger partial charge in [0.05, 0.1) is 13.3 Å². The lowest BCUT2D eigenvalue weighted by atomic mass is 9.99. The Balaban J connectivity index is 2.22. The molecule has 1 atom stereocenters.